The van der Waals surface area contributed by atoms with Crippen LogP contribution in [0.3, 0.4) is 0 Å². The summed E-state index contributed by atoms with van der Waals surface area (Å²) in [4.78, 5) is 11.1. The number of nitrogens with one attached hydrogen (secondary N) is 1. The second-order valence-electron chi connectivity index (χ2n) is 3.49. The van der Waals surface area contributed by atoms with E-state index >= 15 is 0 Å². The Balaban J connectivity index is 0.000000437. The summed E-state index contributed by atoms with van der Waals surface area (Å²) in [5.41, 5.74) is 1.87. The van der Waals surface area contributed by atoms with Crippen LogP contribution in [0.1, 0.15) is 13.8 Å². The van der Waals surface area contributed by atoms with Crippen molar-refractivity contribution in [2.75, 3.05) is 5.32 Å². The molecule has 1 N–H and O–H groups in total. The maximum absolute atomic E-state index is 11.1. The van der Waals surface area contributed by atoms with E-state index in [4.69, 9.17) is 5.26 Å². The van der Waals surface area contributed by atoms with Gasteiger partial charge < -0.3 is 5.32 Å². The average molecular weight is 228 g/mol. The molecule has 0 saturated heterocycles. The van der Waals surface area contributed by atoms with Crippen LogP contribution < -0.4 is 5.32 Å². The zero-order chi connectivity index (χ0) is 13.3. The highest BCUT2D eigenvalue weighted by atomic mass is 16.1. The fourth-order valence-corrected chi connectivity index (χ4v) is 0.759. The molecule has 0 fully saturated rings. The third-order valence-corrected chi connectivity index (χ3v) is 1.61. The normalized spacial score (nSPS) is 8.06. The van der Waals surface area contributed by atoms with Crippen molar-refractivity contribution in [3.8, 4) is 6.07 Å². The molecule has 0 unspecified atom stereocenters. The summed E-state index contributed by atoms with van der Waals surface area (Å²) in [5, 5.41) is 10.5. The van der Waals surface area contributed by atoms with Gasteiger partial charge in [-0.1, -0.05) is 31.4 Å². The molecule has 17 heavy (non-hydrogen) atoms. The van der Waals surface area contributed by atoms with Gasteiger partial charge in [0.15, 0.2) is 0 Å². The lowest BCUT2D eigenvalue weighted by Crippen LogP contribution is -2.11. The molecule has 1 rings (SSSR count). The molecule has 3 nitrogen and oxygen atoms in total. The Labute approximate surface area is 102 Å². The topological polar surface area (TPSA) is 52.9 Å². The summed E-state index contributed by atoms with van der Waals surface area (Å²) in [6.45, 7) is 10.2. The standard InChI is InChI=1S/C10H11NO.C4H5N/c1-8(2)10(12)11-9-6-4-3-5-7-9;1-4(2)3-5/h3-7H,1H2,2H3,(H,11,12);1H2,2H3. The van der Waals surface area contributed by atoms with E-state index in [2.05, 4.69) is 18.5 Å². The highest BCUT2D eigenvalue weighted by Gasteiger charge is 2.00. The lowest BCUT2D eigenvalue weighted by molar-refractivity contribution is -0.112. The maximum atomic E-state index is 11.1. The van der Waals surface area contributed by atoms with E-state index in [0.717, 1.165) is 5.69 Å². The van der Waals surface area contributed by atoms with Gasteiger partial charge in [0.25, 0.3) is 5.91 Å². The van der Waals surface area contributed by atoms with Gasteiger partial charge in [0.1, 0.15) is 0 Å². The van der Waals surface area contributed by atoms with E-state index in [9.17, 15) is 4.79 Å². The first-order valence-corrected chi connectivity index (χ1v) is 5.05. The van der Waals surface area contributed by atoms with Crippen molar-refractivity contribution in [3.63, 3.8) is 0 Å². The molecule has 0 aliphatic carbocycles. The van der Waals surface area contributed by atoms with E-state index in [1.165, 1.54) is 0 Å². The summed E-state index contributed by atoms with van der Waals surface area (Å²) >= 11 is 0. The molecule has 3 heteroatoms. The van der Waals surface area contributed by atoms with Crippen molar-refractivity contribution < 1.29 is 4.79 Å². The number of carbonyl (C=O) groups excluding carboxylic acids is 1. The number of amides is 1. The van der Waals surface area contributed by atoms with E-state index in [1.807, 2.05) is 36.4 Å². The fourth-order valence-electron chi connectivity index (χ4n) is 0.759. The number of allylic oxidation sites excluding steroid dienone is 1. The van der Waals surface area contributed by atoms with Gasteiger partial charge in [-0.15, -0.1) is 0 Å². The Morgan fingerprint density at radius 3 is 2.06 bits per heavy atom. The summed E-state index contributed by atoms with van der Waals surface area (Å²) < 4.78 is 0. The Hall–Kier alpha value is -2.34. The Kier molecular flexibility index (Phi) is 6.80. The predicted molar refractivity (Wildman–Crippen MR) is 70.3 cm³/mol. The zero-order valence-electron chi connectivity index (χ0n) is 10.2. The molecular weight excluding hydrogens is 212 g/mol. The van der Waals surface area contributed by atoms with Gasteiger partial charge in [0.05, 0.1) is 6.07 Å². The van der Waals surface area contributed by atoms with Gasteiger partial charge in [0.2, 0.25) is 0 Å². The van der Waals surface area contributed by atoms with Crippen LogP contribution >= 0.6 is 0 Å². The van der Waals surface area contributed by atoms with E-state index in [1.54, 1.807) is 13.8 Å². The summed E-state index contributed by atoms with van der Waals surface area (Å²) in [7, 11) is 0. The predicted octanol–water partition coefficient (Wildman–Crippen LogP) is 3.29. The van der Waals surface area contributed by atoms with Crippen LogP contribution in [0.4, 0.5) is 5.69 Å². The number of nitriles is 1. The van der Waals surface area contributed by atoms with E-state index in [0.29, 0.717) is 11.1 Å². The number of hydrogen-bond acceptors (Lipinski definition) is 2. The Morgan fingerprint density at radius 2 is 1.71 bits per heavy atom. The van der Waals surface area contributed by atoms with Crippen LogP contribution in [0.5, 0.6) is 0 Å². The highest BCUT2D eigenvalue weighted by molar-refractivity contribution is 6.02. The zero-order valence-corrected chi connectivity index (χ0v) is 10.2. The first-order valence-electron chi connectivity index (χ1n) is 5.05. The van der Waals surface area contributed by atoms with Crippen molar-refractivity contribution in [1.82, 2.24) is 0 Å². The number of benzene rings is 1. The molecule has 0 aliphatic heterocycles. The minimum absolute atomic E-state index is 0.138. The van der Waals surface area contributed by atoms with Crippen LogP contribution in [0.15, 0.2) is 54.6 Å². The number of carbonyl (C=O) groups is 1. The van der Waals surface area contributed by atoms with Gasteiger partial charge in [-0.05, 0) is 26.0 Å². The maximum Gasteiger partial charge on any atom is 0.250 e. The second kappa shape index (κ2) is 7.89. The van der Waals surface area contributed by atoms with Gasteiger partial charge in [0, 0.05) is 16.8 Å². The molecule has 0 heterocycles. The minimum Gasteiger partial charge on any atom is -0.322 e. The van der Waals surface area contributed by atoms with Gasteiger partial charge in [-0.25, -0.2) is 0 Å². The molecule has 88 valence electrons. The number of hydrogen-bond donors (Lipinski definition) is 1. The number of nitrogens with zero attached hydrogens (tertiary/aromatic N) is 1. The lowest BCUT2D eigenvalue weighted by Gasteiger charge is -2.02. The SMILES string of the molecule is C=C(C)C#N.C=C(C)C(=O)Nc1ccccc1. The number of anilines is 1. The van der Waals surface area contributed by atoms with E-state index in [-0.39, 0.29) is 5.91 Å². The van der Waals surface area contributed by atoms with Gasteiger partial charge in [-0.3, -0.25) is 4.79 Å². The van der Waals surface area contributed by atoms with Crippen molar-refractivity contribution >= 4 is 11.6 Å². The first kappa shape index (κ1) is 14.7. The van der Waals surface area contributed by atoms with Gasteiger partial charge >= 0.3 is 0 Å². The van der Waals surface area contributed by atoms with Crippen LogP contribution in [0, 0.1) is 11.3 Å². The second-order valence-corrected chi connectivity index (χ2v) is 3.49. The molecule has 1 aromatic rings. The molecule has 1 aromatic carbocycles. The van der Waals surface area contributed by atoms with Crippen molar-refractivity contribution in [1.29, 1.82) is 5.26 Å². The smallest absolute Gasteiger partial charge is 0.250 e. The number of para-hydroxylation sites is 1. The van der Waals surface area contributed by atoms with Gasteiger partial charge in [-0.2, -0.15) is 5.26 Å². The summed E-state index contributed by atoms with van der Waals surface area (Å²) in [5.74, 6) is -0.138. The minimum atomic E-state index is -0.138. The first-order chi connectivity index (χ1) is 7.97. The summed E-state index contributed by atoms with van der Waals surface area (Å²) in [6.07, 6.45) is 0. The monoisotopic (exact) mass is 228 g/mol. The van der Waals surface area contributed by atoms with Crippen LogP contribution in [-0.4, -0.2) is 5.91 Å². The molecule has 1 amide bonds. The molecule has 0 spiro atoms. The van der Waals surface area contributed by atoms with Crippen molar-refractivity contribution in [2.45, 2.75) is 13.8 Å². The molecule has 0 aromatic heterocycles. The highest BCUT2D eigenvalue weighted by Crippen LogP contribution is 2.05. The third kappa shape index (κ3) is 7.57. The van der Waals surface area contributed by atoms with E-state index < -0.39 is 0 Å². The molecule has 0 saturated carbocycles. The average Bonchev–Trinajstić information content (AvgIpc) is 2.31. The fraction of sp³-hybridized carbons (Fsp3) is 0.143. The molecule has 0 bridgehead atoms. The summed E-state index contributed by atoms with van der Waals surface area (Å²) in [6, 6.07) is 11.1. The molecular formula is C14H16N2O. The Morgan fingerprint density at radius 1 is 1.24 bits per heavy atom. The van der Waals surface area contributed by atoms with Crippen molar-refractivity contribution in [2.24, 2.45) is 0 Å². The Bertz CT molecular complexity index is 441. The van der Waals surface area contributed by atoms with Crippen LogP contribution in [-0.2, 0) is 4.79 Å². The van der Waals surface area contributed by atoms with Crippen LogP contribution in [0.25, 0.3) is 0 Å². The third-order valence-electron chi connectivity index (χ3n) is 1.61. The molecule has 0 aliphatic rings. The molecule has 0 radical (unpaired) electrons. The lowest BCUT2D eigenvalue weighted by atomic mass is 10.3. The van der Waals surface area contributed by atoms with Crippen LogP contribution in [0.2, 0.25) is 0 Å². The molecule has 0 atom stereocenters. The van der Waals surface area contributed by atoms with Crippen molar-refractivity contribution in [3.05, 3.63) is 54.6 Å². The quantitative estimate of drug-likeness (QED) is 0.623. The number of rotatable bonds is 2. The largest absolute Gasteiger partial charge is 0.322 e.